The van der Waals surface area contributed by atoms with Crippen molar-refractivity contribution in [2.24, 2.45) is 0 Å². The Morgan fingerprint density at radius 3 is 1.08 bits per heavy atom. The minimum atomic E-state index is -5.34. The summed E-state index contributed by atoms with van der Waals surface area (Å²) in [5.74, 6) is 0. The van der Waals surface area contributed by atoms with E-state index in [9.17, 15) is 0 Å². The lowest BCUT2D eigenvalue weighted by atomic mass is 10.4. The van der Waals surface area contributed by atoms with Gasteiger partial charge in [-0.15, -0.1) is 0 Å². The van der Waals surface area contributed by atoms with Gasteiger partial charge in [0.15, 0.2) is 0 Å². The first-order valence-electron chi connectivity index (χ1n) is 6.25. The zero-order chi connectivity index (χ0) is 19.5. The number of benzene rings is 2. The van der Waals surface area contributed by atoms with Gasteiger partial charge in [-0.25, -0.2) is 0 Å². The third kappa shape index (κ3) is 5.15. The SMILES string of the molecule is Clc1ccccc1S(Cl)(Cl)(Cl)(Cl)CS(Cl)(Cl)(Cl)(Cl)c1ccccc1Cl. The third-order valence-corrected chi connectivity index (χ3v) is 20.9. The molecule has 0 fully saturated rings. The number of rotatable bonds is 4. The van der Waals surface area contributed by atoms with Crippen molar-refractivity contribution in [3.8, 4) is 0 Å². The maximum Gasteiger partial charge on any atom is 0.0810 e. The van der Waals surface area contributed by atoms with Crippen LogP contribution in [-0.2, 0) is 0 Å². The molecule has 0 unspecified atom stereocenters. The van der Waals surface area contributed by atoms with E-state index < -0.39 is 15.4 Å². The summed E-state index contributed by atoms with van der Waals surface area (Å²) in [6.45, 7) is 0. The summed E-state index contributed by atoms with van der Waals surface area (Å²) >= 11 is 12.4. The fourth-order valence-corrected chi connectivity index (χ4v) is 37.1. The Hall–Kier alpha value is 2.04. The molecule has 12 heteroatoms. The summed E-state index contributed by atoms with van der Waals surface area (Å²) in [5, 5.41) is -11.3. The van der Waals surface area contributed by atoms with Crippen molar-refractivity contribution < 1.29 is 0 Å². The summed E-state index contributed by atoms with van der Waals surface area (Å²) in [7, 11) is 53.0. The van der Waals surface area contributed by atoms with E-state index in [4.69, 9.17) is 109 Å². The van der Waals surface area contributed by atoms with E-state index in [0.717, 1.165) is 0 Å². The van der Waals surface area contributed by atoms with Gasteiger partial charge in [0.2, 0.25) is 0 Å². The van der Waals surface area contributed by atoms with Gasteiger partial charge in [-0.05, 0) is 120 Å². The summed E-state index contributed by atoms with van der Waals surface area (Å²) in [6.07, 6.45) is 0. The van der Waals surface area contributed by atoms with E-state index in [0.29, 0.717) is 0 Å². The Bertz CT molecular complexity index is 791. The van der Waals surface area contributed by atoms with Gasteiger partial charge in [0.25, 0.3) is 0 Å². The molecular weight excluding hydrogens is 575 g/mol. The molecule has 0 aliphatic carbocycles. The van der Waals surface area contributed by atoms with Gasteiger partial charge >= 0.3 is 0 Å². The van der Waals surface area contributed by atoms with E-state index in [2.05, 4.69) is 0 Å². The van der Waals surface area contributed by atoms with Crippen LogP contribution in [0.5, 0.6) is 0 Å². The standard InChI is InChI=1S/C13H10Cl10S2/c14-10-5-1-3-7-12(10)24(16,17,18,19)9-25(20,21,22,23)13-8-4-2-6-11(13)15/h1-8H,9H2. The lowest BCUT2D eigenvalue weighted by Crippen LogP contribution is -2.25. The third-order valence-electron chi connectivity index (χ3n) is 3.12. The molecule has 0 radical (unpaired) electrons. The minimum absolute atomic E-state index is 0.00971. The lowest BCUT2D eigenvalue weighted by molar-refractivity contribution is 1.43. The van der Waals surface area contributed by atoms with Crippen molar-refractivity contribution in [1.29, 1.82) is 0 Å². The fourth-order valence-electron chi connectivity index (χ4n) is 2.23. The van der Waals surface area contributed by atoms with E-state index in [1.165, 1.54) is 24.3 Å². The van der Waals surface area contributed by atoms with E-state index >= 15 is 0 Å². The highest BCUT2D eigenvalue weighted by atomic mass is 36.4. The van der Waals surface area contributed by atoms with Crippen molar-refractivity contribution in [2.75, 3.05) is 5.08 Å². The van der Waals surface area contributed by atoms with Crippen LogP contribution in [0.25, 0.3) is 0 Å². The van der Waals surface area contributed by atoms with Crippen LogP contribution in [0.4, 0.5) is 0 Å². The van der Waals surface area contributed by atoms with Gasteiger partial charge in [-0.3, -0.25) is 0 Å². The number of hydrogen-bond acceptors (Lipinski definition) is 0. The maximum absolute atomic E-state index is 6.62. The molecule has 2 aromatic rings. The van der Waals surface area contributed by atoms with Gasteiger partial charge in [-0.2, -0.15) is 0 Å². The van der Waals surface area contributed by atoms with Crippen LogP contribution in [0.1, 0.15) is 0 Å². The molecule has 0 spiro atoms. The monoisotopic (exact) mass is 580 g/mol. The second-order valence-electron chi connectivity index (χ2n) is 5.46. The van der Waals surface area contributed by atoms with Crippen molar-refractivity contribution >= 4 is 119 Å². The van der Waals surface area contributed by atoms with Crippen LogP contribution in [0.3, 0.4) is 0 Å². The van der Waals surface area contributed by atoms with Crippen LogP contribution >= 0.6 is 119 Å². The predicted molar refractivity (Wildman–Crippen MR) is 126 cm³/mol. The first-order valence-corrected chi connectivity index (χ1v) is 18.9. The molecule has 0 saturated carbocycles. The van der Waals surface area contributed by atoms with Crippen LogP contribution in [0, 0.1) is 0 Å². The van der Waals surface area contributed by atoms with Crippen LogP contribution in [-0.4, -0.2) is 5.08 Å². The molecule has 0 aromatic heterocycles. The van der Waals surface area contributed by atoms with Gasteiger partial charge in [0.1, 0.15) is 0 Å². The second kappa shape index (κ2) is 5.80. The molecular formula is C13H10Cl10S2. The summed E-state index contributed by atoms with van der Waals surface area (Å²) in [4.78, 5) is 0.0194. The Balaban J connectivity index is 2.82. The van der Waals surface area contributed by atoms with Crippen LogP contribution < -0.4 is 0 Å². The Morgan fingerprint density at radius 2 is 0.800 bits per heavy atom. The average Bonchev–Trinajstić information content (AvgIpc) is 2.34. The molecule has 0 aliphatic rings. The van der Waals surface area contributed by atoms with Crippen molar-refractivity contribution in [3.05, 3.63) is 58.6 Å². The highest BCUT2D eigenvalue weighted by molar-refractivity contribution is 9.24. The molecule has 2 aromatic carbocycles. The van der Waals surface area contributed by atoms with Gasteiger partial charge in [-0.1, -0.05) is 47.5 Å². The topological polar surface area (TPSA) is 0 Å². The Kier molecular flexibility index (Phi) is 5.41. The molecule has 0 saturated heterocycles. The molecule has 0 heterocycles. The highest BCUT2D eigenvalue weighted by Gasteiger charge is 2.71. The van der Waals surface area contributed by atoms with Gasteiger partial charge < -0.3 is 0 Å². The van der Waals surface area contributed by atoms with E-state index in [1.807, 2.05) is 0 Å². The predicted octanol–water partition coefficient (Wildman–Crippen LogP) is 11.4. The maximum atomic E-state index is 6.62. The molecule has 2 rings (SSSR count). The second-order valence-corrected chi connectivity index (χ2v) is 38.8. The minimum Gasteiger partial charge on any atom is -0.0831 e. The molecule has 0 bridgehead atoms. The molecule has 0 nitrogen and oxygen atoms in total. The van der Waals surface area contributed by atoms with Crippen LogP contribution in [0.15, 0.2) is 58.3 Å². The van der Waals surface area contributed by atoms with Crippen LogP contribution in [0.2, 0.25) is 10.0 Å². The highest BCUT2D eigenvalue weighted by Crippen LogP contribution is 3.23. The summed E-state index contributed by atoms with van der Waals surface area (Å²) in [5.41, 5.74) is 0. The largest absolute Gasteiger partial charge is 0.0831 e. The average molecular weight is 585 g/mol. The zero-order valence-electron chi connectivity index (χ0n) is 11.9. The zero-order valence-corrected chi connectivity index (χ0v) is 21.1. The van der Waals surface area contributed by atoms with Gasteiger partial charge in [0.05, 0.1) is 15.1 Å². The molecule has 144 valence electrons. The summed E-state index contributed by atoms with van der Waals surface area (Å²) < 4.78 is 0. The quantitative estimate of drug-likeness (QED) is 0.335. The lowest BCUT2D eigenvalue weighted by Gasteiger charge is -2.69. The first-order chi connectivity index (χ1) is 10.8. The van der Waals surface area contributed by atoms with Gasteiger partial charge in [0, 0.05) is 9.79 Å². The van der Waals surface area contributed by atoms with Crippen molar-refractivity contribution in [3.63, 3.8) is 0 Å². The fraction of sp³-hybridized carbons (Fsp3) is 0.0769. The first kappa shape index (κ1) is 23.3. The van der Waals surface area contributed by atoms with E-state index in [-0.39, 0.29) is 19.8 Å². The molecule has 25 heavy (non-hydrogen) atoms. The molecule has 0 N–H and O–H groups in total. The van der Waals surface area contributed by atoms with Crippen molar-refractivity contribution in [2.45, 2.75) is 9.79 Å². The van der Waals surface area contributed by atoms with Crippen molar-refractivity contribution in [1.82, 2.24) is 0 Å². The molecule has 0 aliphatic heterocycles. The smallest absolute Gasteiger partial charge is 0.0810 e. The number of halogens is 10. The normalized spacial score (nSPS) is 18.6. The Labute approximate surface area is 190 Å². The molecule has 0 atom stereocenters. The Morgan fingerprint density at radius 1 is 0.520 bits per heavy atom. The molecule has 0 amide bonds. The summed E-state index contributed by atoms with van der Waals surface area (Å²) in [6, 6.07) is 12.4. The number of hydrogen-bond donors (Lipinski definition) is 0. The van der Waals surface area contributed by atoms with E-state index in [1.54, 1.807) is 24.3 Å².